The number of hydrogen-bond donors (Lipinski definition) is 1. The number of rotatable bonds is 2. The van der Waals surface area contributed by atoms with Gasteiger partial charge in [-0.1, -0.05) is 30.3 Å². The van der Waals surface area contributed by atoms with Gasteiger partial charge in [0.25, 0.3) is 0 Å². The molecule has 6 heteroatoms. The summed E-state index contributed by atoms with van der Waals surface area (Å²) < 4.78 is 20.5. The Morgan fingerprint density at radius 3 is 2.88 bits per heavy atom. The fourth-order valence-electron chi connectivity index (χ4n) is 3.16. The molecule has 0 fully saturated rings. The fourth-order valence-corrected chi connectivity index (χ4v) is 4.63. The van der Waals surface area contributed by atoms with E-state index in [0.717, 1.165) is 16.5 Å². The summed E-state index contributed by atoms with van der Waals surface area (Å²) in [6, 6.07) is 16.7. The summed E-state index contributed by atoms with van der Waals surface area (Å²) in [5, 5.41) is 1.04. The maximum absolute atomic E-state index is 12.8. The van der Waals surface area contributed by atoms with Crippen molar-refractivity contribution in [3.8, 4) is 0 Å². The standard InChI is InChI=1S/C19H17N3O2S/c20-25(24)11-10-22(17-5-1-2-6-18(17)25)19(23)13-14-7-8-15-4-3-9-21-16(15)12-14/h1-9,12,20H,10-11,13H2. The molecule has 0 saturated carbocycles. The van der Waals surface area contributed by atoms with E-state index >= 15 is 0 Å². The van der Waals surface area contributed by atoms with E-state index < -0.39 is 9.73 Å². The first-order valence-corrected chi connectivity index (χ1v) is 9.77. The lowest BCUT2D eigenvalue weighted by Gasteiger charge is -2.30. The Hall–Kier alpha value is -2.73. The van der Waals surface area contributed by atoms with Gasteiger partial charge in [-0.2, -0.15) is 0 Å². The number of aromatic nitrogens is 1. The smallest absolute Gasteiger partial charge is 0.231 e. The van der Waals surface area contributed by atoms with Gasteiger partial charge in [-0.15, -0.1) is 0 Å². The van der Waals surface area contributed by atoms with Gasteiger partial charge < -0.3 is 4.90 Å². The van der Waals surface area contributed by atoms with Gasteiger partial charge in [0.1, 0.15) is 0 Å². The van der Waals surface area contributed by atoms with Crippen LogP contribution in [0.1, 0.15) is 5.56 Å². The molecule has 5 nitrogen and oxygen atoms in total. The number of pyridine rings is 1. The molecule has 25 heavy (non-hydrogen) atoms. The van der Waals surface area contributed by atoms with Crippen LogP contribution in [0.3, 0.4) is 0 Å². The van der Waals surface area contributed by atoms with Gasteiger partial charge in [0, 0.05) is 18.1 Å². The molecule has 2 heterocycles. The third-order valence-electron chi connectivity index (χ3n) is 4.44. The number of anilines is 1. The highest BCUT2D eigenvalue weighted by Crippen LogP contribution is 2.31. The zero-order valence-electron chi connectivity index (χ0n) is 13.5. The molecule has 1 aromatic heterocycles. The van der Waals surface area contributed by atoms with Crippen molar-refractivity contribution >= 4 is 32.2 Å². The summed E-state index contributed by atoms with van der Waals surface area (Å²) in [6.45, 7) is 0.310. The van der Waals surface area contributed by atoms with E-state index in [4.69, 9.17) is 4.78 Å². The van der Waals surface area contributed by atoms with Crippen LogP contribution in [0.2, 0.25) is 0 Å². The Labute approximate surface area is 146 Å². The van der Waals surface area contributed by atoms with E-state index in [-0.39, 0.29) is 18.1 Å². The Bertz CT molecular complexity index is 1080. The van der Waals surface area contributed by atoms with Crippen LogP contribution in [0, 0.1) is 4.78 Å². The highest BCUT2D eigenvalue weighted by Gasteiger charge is 2.28. The Morgan fingerprint density at radius 2 is 2.00 bits per heavy atom. The molecule has 3 aromatic rings. The highest BCUT2D eigenvalue weighted by atomic mass is 32.2. The lowest BCUT2D eigenvalue weighted by molar-refractivity contribution is -0.118. The molecule has 1 amide bonds. The van der Waals surface area contributed by atoms with Crippen LogP contribution in [-0.4, -0.2) is 27.4 Å². The average Bonchev–Trinajstić information content (AvgIpc) is 2.62. The Kier molecular flexibility index (Phi) is 3.77. The summed E-state index contributed by atoms with van der Waals surface area (Å²) in [5.41, 5.74) is 2.35. The van der Waals surface area contributed by atoms with Gasteiger partial charge in [-0.25, -0.2) is 8.99 Å². The number of nitrogens with zero attached hydrogens (tertiary/aromatic N) is 2. The minimum Gasteiger partial charge on any atom is -0.310 e. The topological polar surface area (TPSA) is 74.1 Å². The normalized spacial score (nSPS) is 19.6. The Morgan fingerprint density at radius 1 is 1.16 bits per heavy atom. The van der Waals surface area contributed by atoms with Crippen LogP contribution in [0.25, 0.3) is 10.9 Å². The molecule has 0 saturated heterocycles. The third kappa shape index (κ3) is 2.89. The molecule has 0 radical (unpaired) electrons. The monoisotopic (exact) mass is 351 g/mol. The average molecular weight is 351 g/mol. The number of hydrogen-bond acceptors (Lipinski definition) is 4. The lowest BCUT2D eigenvalue weighted by Crippen LogP contribution is -2.40. The van der Waals surface area contributed by atoms with Gasteiger partial charge in [0.2, 0.25) is 5.91 Å². The largest absolute Gasteiger partial charge is 0.310 e. The molecule has 1 N–H and O–H groups in total. The molecule has 126 valence electrons. The number of para-hydroxylation sites is 1. The number of nitrogens with one attached hydrogen (secondary N) is 1. The van der Waals surface area contributed by atoms with Crippen LogP contribution in [0.4, 0.5) is 5.69 Å². The summed E-state index contributed by atoms with van der Waals surface area (Å²) in [5.74, 6) is 0.118. The first-order valence-electron chi connectivity index (χ1n) is 8.04. The van der Waals surface area contributed by atoms with Crippen molar-refractivity contribution in [2.75, 3.05) is 17.2 Å². The highest BCUT2D eigenvalue weighted by molar-refractivity contribution is 7.92. The second-order valence-corrected chi connectivity index (χ2v) is 8.30. The first-order chi connectivity index (χ1) is 12.0. The predicted molar refractivity (Wildman–Crippen MR) is 98.2 cm³/mol. The third-order valence-corrected chi connectivity index (χ3v) is 6.25. The molecule has 1 atom stereocenters. The molecule has 1 aliphatic heterocycles. The van der Waals surface area contributed by atoms with Gasteiger partial charge in [-0.05, 0) is 29.8 Å². The Balaban J connectivity index is 1.65. The second-order valence-electron chi connectivity index (χ2n) is 6.10. The molecule has 1 aliphatic rings. The zero-order valence-corrected chi connectivity index (χ0v) is 14.3. The van der Waals surface area contributed by atoms with E-state index in [9.17, 15) is 9.00 Å². The first kappa shape index (κ1) is 15.8. The van der Waals surface area contributed by atoms with Gasteiger partial charge >= 0.3 is 0 Å². The fraction of sp³-hybridized carbons (Fsp3) is 0.158. The second kappa shape index (κ2) is 5.97. The SMILES string of the molecule is N=S1(=O)CCN(C(=O)Cc2ccc3cccnc3c2)c2ccccc21. The van der Waals surface area contributed by atoms with Crippen molar-refractivity contribution < 1.29 is 9.00 Å². The van der Waals surface area contributed by atoms with E-state index in [0.29, 0.717) is 17.1 Å². The molecule has 0 spiro atoms. The summed E-state index contributed by atoms with van der Waals surface area (Å²) in [4.78, 5) is 19.3. The maximum Gasteiger partial charge on any atom is 0.231 e. The molecule has 0 aliphatic carbocycles. The van der Waals surface area contributed by atoms with Crippen LogP contribution in [0.5, 0.6) is 0 Å². The molecule has 2 aromatic carbocycles. The summed E-state index contributed by atoms with van der Waals surface area (Å²) in [7, 11) is -2.81. The van der Waals surface area contributed by atoms with Crippen LogP contribution < -0.4 is 4.90 Å². The predicted octanol–water partition coefficient (Wildman–Crippen LogP) is 3.23. The number of benzene rings is 2. The van der Waals surface area contributed by atoms with Crippen molar-refractivity contribution in [2.45, 2.75) is 11.3 Å². The number of fused-ring (bicyclic) bond motifs is 2. The number of carbonyl (C=O) groups excluding carboxylic acids is 1. The van der Waals surface area contributed by atoms with Crippen LogP contribution in [-0.2, 0) is 20.9 Å². The molecule has 1 unspecified atom stereocenters. The van der Waals surface area contributed by atoms with Gasteiger partial charge in [-0.3, -0.25) is 9.78 Å². The van der Waals surface area contributed by atoms with E-state index in [1.54, 1.807) is 35.4 Å². The molecule has 4 rings (SSSR count). The maximum atomic E-state index is 12.8. The van der Waals surface area contributed by atoms with E-state index in [1.165, 1.54) is 0 Å². The van der Waals surface area contributed by atoms with Crippen molar-refractivity contribution in [2.24, 2.45) is 0 Å². The van der Waals surface area contributed by atoms with Crippen LogP contribution >= 0.6 is 0 Å². The summed E-state index contributed by atoms with van der Waals surface area (Å²) in [6.07, 6.45) is 1.99. The van der Waals surface area contributed by atoms with Gasteiger partial charge in [0.15, 0.2) is 0 Å². The van der Waals surface area contributed by atoms with E-state index in [1.807, 2.05) is 30.3 Å². The molecular formula is C19H17N3O2S. The zero-order chi connectivity index (χ0) is 17.4. The van der Waals surface area contributed by atoms with Crippen molar-refractivity contribution in [3.63, 3.8) is 0 Å². The van der Waals surface area contributed by atoms with Crippen LogP contribution in [0.15, 0.2) is 65.7 Å². The molecular weight excluding hydrogens is 334 g/mol. The lowest BCUT2D eigenvalue weighted by atomic mass is 10.1. The minimum absolute atomic E-state index is 0.0577. The van der Waals surface area contributed by atoms with Crippen molar-refractivity contribution in [3.05, 3.63) is 66.4 Å². The number of carbonyl (C=O) groups is 1. The van der Waals surface area contributed by atoms with E-state index in [2.05, 4.69) is 4.98 Å². The molecule has 0 bridgehead atoms. The number of amides is 1. The quantitative estimate of drug-likeness (QED) is 0.770. The minimum atomic E-state index is -2.81. The van der Waals surface area contributed by atoms with Gasteiger partial charge in [0.05, 0.1) is 38.0 Å². The van der Waals surface area contributed by atoms with Crippen molar-refractivity contribution in [1.82, 2.24) is 4.98 Å². The summed E-state index contributed by atoms with van der Waals surface area (Å²) >= 11 is 0. The van der Waals surface area contributed by atoms with Crippen molar-refractivity contribution in [1.29, 1.82) is 4.78 Å².